The number of nitrogens with zero attached hydrogens (tertiary/aromatic N) is 4. The van der Waals surface area contributed by atoms with E-state index in [2.05, 4.69) is 4.90 Å². The van der Waals surface area contributed by atoms with Gasteiger partial charge in [-0.3, -0.25) is 14.4 Å². The van der Waals surface area contributed by atoms with Crippen molar-refractivity contribution in [2.24, 2.45) is 0 Å². The second kappa shape index (κ2) is 13.9. The van der Waals surface area contributed by atoms with Crippen LogP contribution in [0.15, 0.2) is 83.8 Å². The number of carbonyl (C=O) groups excluding carboxylic acids is 2. The van der Waals surface area contributed by atoms with Gasteiger partial charge < -0.3 is 24.4 Å². The van der Waals surface area contributed by atoms with E-state index in [0.717, 1.165) is 22.0 Å². The van der Waals surface area contributed by atoms with Crippen molar-refractivity contribution in [1.29, 1.82) is 0 Å². The predicted octanol–water partition coefficient (Wildman–Crippen LogP) is 4.93. The Hall–Kier alpha value is -5.39. The zero-order valence-corrected chi connectivity index (χ0v) is 25.7. The third-order valence-electron chi connectivity index (χ3n) is 7.98. The van der Waals surface area contributed by atoms with Crippen molar-refractivity contribution in [2.75, 3.05) is 50.1 Å². The van der Waals surface area contributed by atoms with Crippen molar-refractivity contribution >= 4 is 28.8 Å². The van der Waals surface area contributed by atoms with E-state index in [-0.39, 0.29) is 30.8 Å². The average molecular weight is 649 g/mol. The number of amides is 1. The summed E-state index contributed by atoms with van der Waals surface area (Å²) in [5.41, 5.74) is 0.413. The summed E-state index contributed by atoms with van der Waals surface area (Å²) >= 11 is 0. The molecule has 1 N–H and O–H groups in total. The standard InChI is InChI=1S/C35H32F4N4O4/c1-40(2)25-7-9-26(10-8-25)41-11-13-42(14-12-41)35(47)33(45)19-32(44)28-16-22(15-27-30(38)17-24(36)18-31(27)39)20-43(34(28)46)21-23-5-3-4-6-29(23)37/h3-10,16-20,44H,11-15,21H2,1-2H3/b32-19+. The first-order chi connectivity index (χ1) is 22.4. The number of aliphatic hydroxyl groups is 1. The fourth-order valence-electron chi connectivity index (χ4n) is 5.40. The van der Waals surface area contributed by atoms with Gasteiger partial charge in [0.1, 0.15) is 29.0 Å². The van der Waals surface area contributed by atoms with Gasteiger partial charge in [-0.1, -0.05) is 18.2 Å². The van der Waals surface area contributed by atoms with Crippen LogP contribution in [-0.4, -0.2) is 66.5 Å². The Morgan fingerprint density at radius 1 is 0.872 bits per heavy atom. The molecule has 1 saturated heterocycles. The number of rotatable bonds is 9. The minimum atomic E-state index is -1.16. The van der Waals surface area contributed by atoms with Crippen LogP contribution in [0.4, 0.5) is 28.9 Å². The largest absolute Gasteiger partial charge is 0.507 e. The van der Waals surface area contributed by atoms with Gasteiger partial charge in [-0.15, -0.1) is 0 Å². The lowest BCUT2D eigenvalue weighted by molar-refractivity contribution is -0.142. The van der Waals surface area contributed by atoms with Gasteiger partial charge in [0.05, 0.1) is 12.1 Å². The molecule has 0 unspecified atom stereocenters. The minimum absolute atomic E-state index is 0.0915. The van der Waals surface area contributed by atoms with Crippen molar-refractivity contribution in [2.45, 2.75) is 13.0 Å². The number of carbonyl (C=O) groups is 2. The smallest absolute Gasteiger partial charge is 0.294 e. The highest BCUT2D eigenvalue weighted by Crippen LogP contribution is 2.23. The molecule has 0 bridgehead atoms. The van der Waals surface area contributed by atoms with Gasteiger partial charge in [-0.05, 0) is 42.0 Å². The van der Waals surface area contributed by atoms with E-state index in [0.29, 0.717) is 31.3 Å². The lowest BCUT2D eigenvalue weighted by atomic mass is 10.0. The molecule has 12 heteroatoms. The van der Waals surface area contributed by atoms with Crippen molar-refractivity contribution in [3.63, 3.8) is 0 Å². The maximum absolute atomic E-state index is 14.5. The lowest BCUT2D eigenvalue weighted by Gasteiger charge is -2.35. The second-order valence-electron chi connectivity index (χ2n) is 11.4. The third-order valence-corrected chi connectivity index (χ3v) is 7.98. The zero-order chi connectivity index (χ0) is 33.8. The summed E-state index contributed by atoms with van der Waals surface area (Å²) in [5, 5.41) is 10.9. The van der Waals surface area contributed by atoms with Crippen LogP contribution in [0.2, 0.25) is 0 Å². The van der Waals surface area contributed by atoms with E-state index >= 15 is 0 Å². The summed E-state index contributed by atoms with van der Waals surface area (Å²) < 4.78 is 58.0. The number of aliphatic hydroxyl groups excluding tert-OH is 1. The summed E-state index contributed by atoms with van der Waals surface area (Å²) in [4.78, 5) is 44.8. The molecule has 1 aliphatic rings. The van der Waals surface area contributed by atoms with Crippen molar-refractivity contribution < 1.29 is 32.3 Å². The van der Waals surface area contributed by atoms with Gasteiger partial charge in [0, 0.05) is 93.6 Å². The van der Waals surface area contributed by atoms with E-state index in [1.165, 1.54) is 29.3 Å². The van der Waals surface area contributed by atoms with Gasteiger partial charge >= 0.3 is 0 Å². The number of pyridine rings is 1. The highest BCUT2D eigenvalue weighted by Gasteiger charge is 2.26. The highest BCUT2D eigenvalue weighted by atomic mass is 19.1. The van der Waals surface area contributed by atoms with Crippen LogP contribution >= 0.6 is 0 Å². The number of piperazine rings is 1. The number of ketones is 1. The lowest BCUT2D eigenvalue weighted by Crippen LogP contribution is -2.50. The third kappa shape index (κ3) is 7.54. The molecule has 1 aliphatic heterocycles. The first-order valence-electron chi connectivity index (χ1n) is 14.8. The molecule has 2 heterocycles. The average Bonchev–Trinajstić information content (AvgIpc) is 3.04. The van der Waals surface area contributed by atoms with Gasteiger partial charge in [0.25, 0.3) is 11.5 Å². The molecule has 47 heavy (non-hydrogen) atoms. The minimum Gasteiger partial charge on any atom is -0.507 e. The second-order valence-corrected chi connectivity index (χ2v) is 11.4. The Kier molecular flexibility index (Phi) is 9.78. The monoisotopic (exact) mass is 648 g/mol. The van der Waals surface area contributed by atoms with Crippen LogP contribution in [0.1, 0.15) is 22.3 Å². The molecule has 0 saturated carbocycles. The normalized spacial score (nSPS) is 13.5. The van der Waals surface area contributed by atoms with E-state index in [9.17, 15) is 37.1 Å². The van der Waals surface area contributed by atoms with Crippen LogP contribution < -0.4 is 15.4 Å². The van der Waals surface area contributed by atoms with Crippen LogP contribution in [0.25, 0.3) is 5.76 Å². The van der Waals surface area contributed by atoms with Crippen LogP contribution in [0.5, 0.6) is 0 Å². The molecule has 0 spiro atoms. The van der Waals surface area contributed by atoms with Gasteiger partial charge in [0.2, 0.25) is 5.78 Å². The summed E-state index contributed by atoms with van der Waals surface area (Å²) in [6.45, 7) is 1.11. The van der Waals surface area contributed by atoms with Crippen LogP contribution in [0.3, 0.4) is 0 Å². The van der Waals surface area contributed by atoms with Crippen molar-refractivity contribution in [3.8, 4) is 0 Å². The molecule has 8 nitrogen and oxygen atoms in total. The Bertz CT molecular complexity index is 1880. The maximum Gasteiger partial charge on any atom is 0.294 e. The van der Waals surface area contributed by atoms with Gasteiger partial charge in [0.15, 0.2) is 0 Å². The Labute approximate surface area is 268 Å². The molecule has 1 amide bonds. The first kappa shape index (κ1) is 33.0. The van der Waals surface area contributed by atoms with E-state index in [4.69, 9.17) is 0 Å². The SMILES string of the molecule is CN(C)c1ccc(N2CCN(C(=O)C(=O)/C=C(/O)c3cc(Cc4c(F)cc(F)cc4F)cn(Cc4ccccc4F)c3=O)CC2)cc1. The quantitative estimate of drug-likeness (QED) is 0.120. The van der Waals surface area contributed by atoms with Crippen molar-refractivity contribution in [3.05, 3.63) is 135 Å². The number of halogens is 4. The molecular formula is C35H32F4N4O4. The first-order valence-corrected chi connectivity index (χ1v) is 14.8. The summed E-state index contributed by atoms with van der Waals surface area (Å²) in [7, 11) is 3.88. The number of anilines is 2. The number of hydrogen-bond donors (Lipinski definition) is 1. The number of aromatic nitrogens is 1. The molecule has 244 valence electrons. The Balaban J connectivity index is 1.38. The molecule has 0 aliphatic carbocycles. The molecule has 3 aromatic carbocycles. The molecule has 0 atom stereocenters. The van der Waals surface area contributed by atoms with E-state index in [1.807, 2.05) is 43.3 Å². The van der Waals surface area contributed by atoms with E-state index < -0.39 is 63.8 Å². The molecule has 1 aromatic heterocycles. The highest BCUT2D eigenvalue weighted by molar-refractivity contribution is 6.41. The van der Waals surface area contributed by atoms with E-state index in [1.54, 1.807) is 6.07 Å². The Morgan fingerprint density at radius 2 is 1.51 bits per heavy atom. The molecule has 0 radical (unpaired) electrons. The topological polar surface area (TPSA) is 86.1 Å². The summed E-state index contributed by atoms with van der Waals surface area (Å²) in [5.74, 6) is -6.86. The summed E-state index contributed by atoms with van der Waals surface area (Å²) in [6, 6.07) is 15.7. The molecule has 1 fully saturated rings. The maximum atomic E-state index is 14.5. The van der Waals surface area contributed by atoms with Gasteiger partial charge in [-0.25, -0.2) is 17.6 Å². The van der Waals surface area contributed by atoms with Gasteiger partial charge in [-0.2, -0.15) is 0 Å². The fraction of sp³-hybridized carbons (Fsp3) is 0.229. The molecule has 4 aromatic rings. The molecular weight excluding hydrogens is 616 g/mol. The van der Waals surface area contributed by atoms with Crippen LogP contribution in [-0.2, 0) is 22.6 Å². The fourth-order valence-corrected chi connectivity index (χ4v) is 5.40. The predicted molar refractivity (Wildman–Crippen MR) is 171 cm³/mol. The summed E-state index contributed by atoms with van der Waals surface area (Å²) in [6.07, 6.45) is 1.39. The Morgan fingerprint density at radius 3 is 2.13 bits per heavy atom. The molecule has 5 rings (SSSR count). The number of benzene rings is 3. The zero-order valence-electron chi connectivity index (χ0n) is 25.7. The number of hydrogen-bond acceptors (Lipinski definition) is 6. The van der Waals surface area contributed by atoms with Crippen LogP contribution in [0, 0.1) is 23.3 Å². The van der Waals surface area contributed by atoms with Crippen molar-refractivity contribution in [1.82, 2.24) is 9.47 Å².